The van der Waals surface area contributed by atoms with Crippen molar-refractivity contribution < 1.29 is 10.0 Å². The van der Waals surface area contributed by atoms with Gasteiger partial charge in [0.15, 0.2) is 0 Å². The molecular formula is C12H16N2O3. The summed E-state index contributed by atoms with van der Waals surface area (Å²) >= 11 is 0. The number of phenolic OH excluding ortho intramolecular Hbond substituents is 1. The van der Waals surface area contributed by atoms with Crippen LogP contribution in [0.25, 0.3) is 0 Å². The molecule has 5 heteroatoms. The van der Waals surface area contributed by atoms with E-state index in [1.165, 1.54) is 18.2 Å². The summed E-state index contributed by atoms with van der Waals surface area (Å²) in [6.07, 6.45) is 2.83. The van der Waals surface area contributed by atoms with Gasteiger partial charge < -0.3 is 10.4 Å². The van der Waals surface area contributed by atoms with Gasteiger partial charge in [-0.25, -0.2) is 0 Å². The lowest BCUT2D eigenvalue weighted by atomic mass is 9.90. The zero-order chi connectivity index (χ0) is 12.3. The second kappa shape index (κ2) is 5.14. The van der Waals surface area contributed by atoms with Gasteiger partial charge in [-0.3, -0.25) is 10.1 Å². The van der Waals surface area contributed by atoms with Crippen molar-refractivity contribution in [1.82, 2.24) is 5.32 Å². The second-order valence-electron chi connectivity index (χ2n) is 4.47. The highest BCUT2D eigenvalue weighted by molar-refractivity contribution is 5.43. The molecule has 0 aromatic heterocycles. The SMILES string of the molecule is O=[N+]([O-])c1ccc(O)c(CC2CCNCC2)c1. The Morgan fingerprint density at radius 2 is 2.12 bits per heavy atom. The molecular weight excluding hydrogens is 220 g/mol. The van der Waals surface area contributed by atoms with Gasteiger partial charge in [-0.2, -0.15) is 0 Å². The fraction of sp³-hybridized carbons (Fsp3) is 0.500. The average molecular weight is 236 g/mol. The maximum atomic E-state index is 10.7. The van der Waals surface area contributed by atoms with E-state index in [4.69, 9.17) is 0 Å². The van der Waals surface area contributed by atoms with E-state index in [0.29, 0.717) is 11.5 Å². The third-order valence-corrected chi connectivity index (χ3v) is 3.24. The summed E-state index contributed by atoms with van der Waals surface area (Å²) in [4.78, 5) is 10.2. The van der Waals surface area contributed by atoms with Gasteiger partial charge >= 0.3 is 0 Å². The first-order valence-corrected chi connectivity index (χ1v) is 5.84. The van der Waals surface area contributed by atoms with E-state index in [9.17, 15) is 15.2 Å². The Hall–Kier alpha value is -1.62. The van der Waals surface area contributed by atoms with E-state index in [2.05, 4.69) is 5.32 Å². The Kier molecular flexibility index (Phi) is 3.58. The molecule has 1 saturated heterocycles. The van der Waals surface area contributed by atoms with Crippen LogP contribution >= 0.6 is 0 Å². The van der Waals surface area contributed by atoms with E-state index in [-0.39, 0.29) is 11.4 Å². The summed E-state index contributed by atoms with van der Waals surface area (Å²) in [5.74, 6) is 0.665. The molecule has 92 valence electrons. The third-order valence-electron chi connectivity index (χ3n) is 3.24. The van der Waals surface area contributed by atoms with Gasteiger partial charge in [-0.1, -0.05) is 0 Å². The number of piperidine rings is 1. The van der Waals surface area contributed by atoms with Crippen molar-refractivity contribution in [3.63, 3.8) is 0 Å². The van der Waals surface area contributed by atoms with E-state index >= 15 is 0 Å². The highest BCUT2D eigenvalue weighted by atomic mass is 16.6. The van der Waals surface area contributed by atoms with Gasteiger partial charge in [0, 0.05) is 17.7 Å². The Balaban J connectivity index is 2.13. The molecule has 5 nitrogen and oxygen atoms in total. The van der Waals surface area contributed by atoms with Crippen molar-refractivity contribution in [3.05, 3.63) is 33.9 Å². The molecule has 0 amide bonds. The summed E-state index contributed by atoms with van der Waals surface area (Å²) in [6.45, 7) is 1.97. The monoisotopic (exact) mass is 236 g/mol. The normalized spacial score (nSPS) is 16.9. The molecule has 17 heavy (non-hydrogen) atoms. The van der Waals surface area contributed by atoms with Crippen LogP contribution in [0.5, 0.6) is 5.75 Å². The first kappa shape index (κ1) is 11.9. The van der Waals surface area contributed by atoms with Gasteiger partial charge in [-0.15, -0.1) is 0 Å². The number of non-ortho nitro benzene ring substituents is 1. The lowest BCUT2D eigenvalue weighted by Gasteiger charge is -2.22. The van der Waals surface area contributed by atoms with Gasteiger partial charge in [0.1, 0.15) is 5.75 Å². The van der Waals surface area contributed by atoms with Crippen LogP contribution in [-0.4, -0.2) is 23.1 Å². The topological polar surface area (TPSA) is 75.4 Å². The van der Waals surface area contributed by atoms with E-state index in [1.807, 2.05) is 0 Å². The molecule has 2 N–H and O–H groups in total. The van der Waals surface area contributed by atoms with Crippen LogP contribution in [0.4, 0.5) is 5.69 Å². The summed E-state index contributed by atoms with van der Waals surface area (Å²) in [5.41, 5.74) is 0.734. The van der Waals surface area contributed by atoms with Crippen molar-refractivity contribution in [3.8, 4) is 5.75 Å². The first-order valence-electron chi connectivity index (χ1n) is 5.84. The van der Waals surface area contributed by atoms with Crippen molar-refractivity contribution >= 4 is 5.69 Å². The number of aromatic hydroxyl groups is 1. The summed E-state index contributed by atoms with van der Waals surface area (Å²) < 4.78 is 0. The molecule has 1 aliphatic rings. The van der Waals surface area contributed by atoms with Crippen molar-refractivity contribution in [2.75, 3.05) is 13.1 Å². The standard InChI is InChI=1S/C12H16N2O3/c15-12-2-1-11(14(16)17)8-10(12)7-9-3-5-13-6-4-9/h1-2,8-9,13,15H,3-7H2. The van der Waals surface area contributed by atoms with Crippen LogP contribution in [0.1, 0.15) is 18.4 Å². The largest absolute Gasteiger partial charge is 0.508 e. The van der Waals surface area contributed by atoms with Crippen LogP contribution in [0, 0.1) is 16.0 Å². The number of nitrogens with one attached hydrogen (secondary N) is 1. The Labute approximate surface area is 99.6 Å². The number of nitro groups is 1. The predicted octanol–water partition coefficient (Wildman–Crippen LogP) is 1.84. The van der Waals surface area contributed by atoms with Crippen LogP contribution in [0.3, 0.4) is 0 Å². The molecule has 0 spiro atoms. The van der Waals surface area contributed by atoms with Gasteiger partial charge in [-0.05, 0) is 44.3 Å². The van der Waals surface area contributed by atoms with E-state index < -0.39 is 4.92 Å². The highest BCUT2D eigenvalue weighted by Crippen LogP contribution is 2.27. The van der Waals surface area contributed by atoms with Crippen LogP contribution in [-0.2, 0) is 6.42 Å². The lowest BCUT2D eigenvalue weighted by Crippen LogP contribution is -2.28. The van der Waals surface area contributed by atoms with Gasteiger partial charge in [0.2, 0.25) is 0 Å². The van der Waals surface area contributed by atoms with Crippen LogP contribution < -0.4 is 5.32 Å². The lowest BCUT2D eigenvalue weighted by molar-refractivity contribution is -0.384. The first-order chi connectivity index (χ1) is 8.16. The van der Waals surface area contributed by atoms with Gasteiger partial charge in [0.25, 0.3) is 5.69 Å². The second-order valence-corrected chi connectivity index (χ2v) is 4.47. The molecule has 0 unspecified atom stereocenters. The molecule has 0 saturated carbocycles. The van der Waals surface area contributed by atoms with Crippen molar-refractivity contribution in [2.45, 2.75) is 19.3 Å². The molecule has 1 fully saturated rings. The summed E-state index contributed by atoms with van der Waals surface area (Å²) in [7, 11) is 0. The predicted molar refractivity (Wildman–Crippen MR) is 64.1 cm³/mol. The van der Waals surface area contributed by atoms with E-state index in [0.717, 1.165) is 32.4 Å². The van der Waals surface area contributed by atoms with Gasteiger partial charge in [0.05, 0.1) is 4.92 Å². The quantitative estimate of drug-likeness (QED) is 0.620. The minimum absolute atomic E-state index is 0.0479. The van der Waals surface area contributed by atoms with Crippen molar-refractivity contribution in [1.29, 1.82) is 0 Å². The maximum absolute atomic E-state index is 10.7. The number of rotatable bonds is 3. The Morgan fingerprint density at radius 3 is 2.76 bits per heavy atom. The number of nitro benzene ring substituents is 1. The number of phenols is 1. The number of hydrogen-bond donors (Lipinski definition) is 2. The fourth-order valence-electron chi connectivity index (χ4n) is 2.25. The summed E-state index contributed by atoms with van der Waals surface area (Å²) in [5, 5.41) is 23.7. The maximum Gasteiger partial charge on any atom is 0.269 e. The number of benzene rings is 1. The molecule has 1 aliphatic heterocycles. The highest BCUT2D eigenvalue weighted by Gasteiger charge is 2.17. The Morgan fingerprint density at radius 1 is 1.41 bits per heavy atom. The minimum atomic E-state index is -0.425. The molecule has 2 rings (SSSR count). The minimum Gasteiger partial charge on any atom is -0.508 e. The molecule has 0 aliphatic carbocycles. The molecule has 1 heterocycles. The number of hydrogen-bond acceptors (Lipinski definition) is 4. The third kappa shape index (κ3) is 2.94. The van der Waals surface area contributed by atoms with Crippen LogP contribution in [0.15, 0.2) is 18.2 Å². The Bertz CT molecular complexity index is 414. The average Bonchev–Trinajstić information content (AvgIpc) is 2.33. The molecule has 0 radical (unpaired) electrons. The summed E-state index contributed by atoms with van der Waals surface area (Å²) in [6, 6.07) is 4.23. The molecule has 1 aromatic carbocycles. The number of nitrogens with zero attached hydrogens (tertiary/aromatic N) is 1. The molecule has 0 atom stereocenters. The smallest absolute Gasteiger partial charge is 0.269 e. The van der Waals surface area contributed by atoms with Crippen LogP contribution in [0.2, 0.25) is 0 Å². The zero-order valence-electron chi connectivity index (χ0n) is 9.56. The van der Waals surface area contributed by atoms with E-state index in [1.54, 1.807) is 0 Å². The fourth-order valence-corrected chi connectivity index (χ4v) is 2.25. The van der Waals surface area contributed by atoms with Crippen molar-refractivity contribution in [2.24, 2.45) is 5.92 Å². The molecule has 1 aromatic rings. The molecule has 0 bridgehead atoms. The zero-order valence-corrected chi connectivity index (χ0v) is 9.56.